The number of rotatable bonds is 6. The highest BCUT2D eigenvalue weighted by molar-refractivity contribution is 5.84. The van der Waals surface area contributed by atoms with Gasteiger partial charge < -0.3 is 5.32 Å². The van der Waals surface area contributed by atoms with Gasteiger partial charge in [0.25, 0.3) is 0 Å². The number of fused-ring (bicyclic) bond motifs is 1. The number of hydrogen-bond donors (Lipinski definition) is 1. The second kappa shape index (κ2) is 6.85. The standard InChI is InChI=1S/C18H24N2/c1-2-6-15(5-1)7-4-11-19-13-16-8-3-9-17-14-20-12-10-18(16)17/h3,8-10,12,14-15,19H,1-2,4-7,11,13H2. The molecule has 2 heteroatoms. The zero-order valence-corrected chi connectivity index (χ0v) is 12.1. The summed E-state index contributed by atoms with van der Waals surface area (Å²) in [6, 6.07) is 8.59. The van der Waals surface area contributed by atoms with Crippen molar-refractivity contribution >= 4 is 10.8 Å². The quantitative estimate of drug-likeness (QED) is 0.790. The first-order valence-corrected chi connectivity index (χ1v) is 7.96. The largest absolute Gasteiger partial charge is 0.313 e. The van der Waals surface area contributed by atoms with Gasteiger partial charge in [-0.05, 0) is 42.3 Å². The molecule has 1 fully saturated rings. The molecule has 0 amide bonds. The van der Waals surface area contributed by atoms with E-state index in [0.717, 1.165) is 19.0 Å². The van der Waals surface area contributed by atoms with Crippen LogP contribution >= 0.6 is 0 Å². The number of pyridine rings is 1. The van der Waals surface area contributed by atoms with Gasteiger partial charge in [0.1, 0.15) is 0 Å². The Bertz CT molecular complexity index is 539. The van der Waals surface area contributed by atoms with E-state index in [4.69, 9.17) is 0 Å². The second-order valence-corrected chi connectivity index (χ2v) is 5.98. The summed E-state index contributed by atoms with van der Waals surface area (Å²) in [4.78, 5) is 4.19. The molecule has 1 aromatic carbocycles. The molecule has 1 heterocycles. The number of benzene rings is 1. The minimum atomic E-state index is 0.964. The molecule has 1 aromatic heterocycles. The molecule has 0 saturated heterocycles. The first-order chi connectivity index (χ1) is 9.93. The van der Waals surface area contributed by atoms with Crippen LogP contribution in [0.25, 0.3) is 10.8 Å². The van der Waals surface area contributed by atoms with Crippen LogP contribution in [0.5, 0.6) is 0 Å². The van der Waals surface area contributed by atoms with Gasteiger partial charge in [0.2, 0.25) is 0 Å². The maximum absolute atomic E-state index is 4.19. The average molecular weight is 268 g/mol. The molecular formula is C18H24N2. The van der Waals surface area contributed by atoms with E-state index in [-0.39, 0.29) is 0 Å². The van der Waals surface area contributed by atoms with Crippen LogP contribution in [0.15, 0.2) is 36.7 Å². The molecule has 0 aliphatic heterocycles. The Balaban J connectivity index is 1.47. The Kier molecular flexibility index (Phi) is 4.65. The van der Waals surface area contributed by atoms with E-state index in [1.54, 1.807) is 0 Å². The van der Waals surface area contributed by atoms with Crippen LogP contribution in [0.4, 0.5) is 0 Å². The number of aromatic nitrogens is 1. The van der Waals surface area contributed by atoms with Gasteiger partial charge in [-0.1, -0.05) is 43.9 Å². The molecule has 1 N–H and O–H groups in total. The maximum atomic E-state index is 4.19. The molecular weight excluding hydrogens is 244 g/mol. The summed E-state index contributed by atoms with van der Waals surface area (Å²) in [7, 11) is 0. The lowest BCUT2D eigenvalue weighted by Gasteiger charge is -2.10. The third-order valence-electron chi connectivity index (χ3n) is 4.53. The zero-order chi connectivity index (χ0) is 13.6. The fourth-order valence-corrected chi connectivity index (χ4v) is 3.38. The Hall–Kier alpha value is -1.41. The van der Waals surface area contributed by atoms with Crippen LogP contribution < -0.4 is 5.32 Å². The smallest absolute Gasteiger partial charge is 0.0346 e. The summed E-state index contributed by atoms with van der Waals surface area (Å²) < 4.78 is 0. The molecule has 0 radical (unpaired) electrons. The van der Waals surface area contributed by atoms with Crippen LogP contribution in [0.1, 0.15) is 44.1 Å². The third-order valence-corrected chi connectivity index (χ3v) is 4.53. The lowest BCUT2D eigenvalue weighted by atomic mass is 10.0. The van der Waals surface area contributed by atoms with E-state index in [0.29, 0.717) is 0 Å². The normalized spacial score (nSPS) is 16.0. The van der Waals surface area contributed by atoms with E-state index >= 15 is 0 Å². The minimum Gasteiger partial charge on any atom is -0.313 e. The fraction of sp³-hybridized carbons (Fsp3) is 0.500. The van der Waals surface area contributed by atoms with Gasteiger partial charge in [0.15, 0.2) is 0 Å². The van der Waals surface area contributed by atoms with Crippen molar-refractivity contribution in [1.82, 2.24) is 10.3 Å². The molecule has 0 spiro atoms. The number of nitrogens with zero attached hydrogens (tertiary/aromatic N) is 1. The molecule has 0 unspecified atom stereocenters. The van der Waals surface area contributed by atoms with Gasteiger partial charge in [0, 0.05) is 24.3 Å². The van der Waals surface area contributed by atoms with Crippen molar-refractivity contribution in [3.63, 3.8) is 0 Å². The number of hydrogen-bond acceptors (Lipinski definition) is 2. The third kappa shape index (κ3) is 3.37. The molecule has 3 rings (SSSR count). The fourth-order valence-electron chi connectivity index (χ4n) is 3.38. The second-order valence-electron chi connectivity index (χ2n) is 5.98. The predicted octanol–water partition coefficient (Wildman–Crippen LogP) is 4.29. The van der Waals surface area contributed by atoms with Crippen molar-refractivity contribution in [3.8, 4) is 0 Å². The predicted molar refractivity (Wildman–Crippen MR) is 84.6 cm³/mol. The van der Waals surface area contributed by atoms with Crippen molar-refractivity contribution in [3.05, 3.63) is 42.2 Å². The summed E-state index contributed by atoms with van der Waals surface area (Å²) in [5.41, 5.74) is 1.38. The van der Waals surface area contributed by atoms with E-state index in [9.17, 15) is 0 Å². The van der Waals surface area contributed by atoms with Gasteiger partial charge in [-0.15, -0.1) is 0 Å². The summed E-state index contributed by atoms with van der Waals surface area (Å²) >= 11 is 0. The lowest BCUT2D eigenvalue weighted by Crippen LogP contribution is -2.15. The molecule has 1 saturated carbocycles. The highest BCUT2D eigenvalue weighted by Crippen LogP contribution is 2.28. The van der Waals surface area contributed by atoms with Crippen LogP contribution in [0.3, 0.4) is 0 Å². The van der Waals surface area contributed by atoms with Crippen molar-refractivity contribution in [2.45, 2.75) is 45.1 Å². The van der Waals surface area contributed by atoms with Gasteiger partial charge in [-0.3, -0.25) is 4.98 Å². The van der Waals surface area contributed by atoms with Crippen molar-refractivity contribution < 1.29 is 0 Å². The van der Waals surface area contributed by atoms with E-state index in [2.05, 4.69) is 34.6 Å². The highest BCUT2D eigenvalue weighted by atomic mass is 14.8. The molecule has 106 valence electrons. The first kappa shape index (κ1) is 13.6. The average Bonchev–Trinajstić information content (AvgIpc) is 3.00. The minimum absolute atomic E-state index is 0.964. The van der Waals surface area contributed by atoms with E-state index in [1.807, 2.05) is 12.4 Å². The summed E-state index contributed by atoms with van der Waals surface area (Å²) in [6.07, 6.45) is 12.4. The number of nitrogens with one attached hydrogen (secondary N) is 1. The van der Waals surface area contributed by atoms with Crippen LogP contribution in [0.2, 0.25) is 0 Å². The molecule has 1 aliphatic rings. The van der Waals surface area contributed by atoms with Crippen molar-refractivity contribution in [2.75, 3.05) is 6.54 Å². The Morgan fingerprint density at radius 2 is 2.05 bits per heavy atom. The summed E-state index contributed by atoms with van der Waals surface area (Å²) in [6.45, 7) is 2.10. The molecule has 2 nitrogen and oxygen atoms in total. The molecule has 2 aromatic rings. The SMILES string of the molecule is c1cc(CNCCCC2CCCC2)c2ccncc2c1. The van der Waals surface area contributed by atoms with Crippen LogP contribution in [-0.2, 0) is 6.54 Å². The Morgan fingerprint density at radius 3 is 2.95 bits per heavy atom. The molecule has 0 bridgehead atoms. The lowest BCUT2D eigenvalue weighted by molar-refractivity contribution is 0.470. The van der Waals surface area contributed by atoms with Gasteiger partial charge >= 0.3 is 0 Å². The highest BCUT2D eigenvalue weighted by Gasteiger charge is 2.13. The van der Waals surface area contributed by atoms with Gasteiger partial charge in [-0.25, -0.2) is 0 Å². The monoisotopic (exact) mass is 268 g/mol. The van der Waals surface area contributed by atoms with Gasteiger partial charge in [-0.2, -0.15) is 0 Å². The molecule has 1 aliphatic carbocycles. The Labute approximate surface area is 121 Å². The van der Waals surface area contributed by atoms with Crippen molar-refractivity contribution in [2.24, 2.45) is 5.92 Å². The molecule has 20 heavy (non-hydrogen) atoms. The summed E-state index contributed by atoms with van der Waals surface area (Å²) in [5, 5.41) is 6.16. The first-order valence-electron chi connectivity index (χ1n) is 7.96. The summed E-state index contributed by atoms with van der Waals surface area (Å²) in [5.74, 6) is 1.01. The molecule has 0 atom stereocenters. The van der Waals surface area contributed by atoms with E-state index < -0.39 is 0 Å². The maximum Gasteiger partial charge on any atom is 0.0346 e. The zero-order valence-electron chi connectivity index (χ0n) is 12.1. The van der Waals surface area contributed by atoms with Gasteiger partial charge in [0.05, 0.1) is 0 Å². The van der Waals surface area contributed by atoms with Crippen LogP contribution in [0, 0.1) is 5.92 Å². The topological polar surface area (TPSA) is 24.9 Å². The van der Waals surface area contributed by atoms with Crippen LogP contribution in [-0.4, -0.2) is 11.5 Å². The Morgan fingerprint density at radius 1 is 1.15 bits per heavy atom. The van der Waals surface area contributed by atoms with Crippen molar-refractivity contribution in [1.29, 1.82) is 0 Å². The van der Waals surface area contributed by atoms with E-state index in [1.165, 1.54) is 54.9 Å².